The van der Waals surface area contributed by atoms with Gasteiger partial charge in [0.15, 0.2) is 0 Å². The summed E-state index contributed by atoms with van der Waals surface area (Å²) < 4.78 is 3.65. The van der Waals surface area contributed by atoms with Gasteiger partial charge in [0, 0.05) is 31.5 Å². The number of nitrogens with zero attached hydrogens (tertiary/aromatic N) is 3. The first-order valence-corrected chi connectivity index (χ1v) is 6.34. The molecule has 0 aliphatic carbocycles. The Labute approximate surface area is 113 Å². The number of hydrogen-bond donors (Lipinski definition) is 1. The van der Waals surface area contributed by atoms with Crippen molar-refractivity contribution in [3.8, 4) is 0 Å². The summed E-state index contributed by atoms with van der Waals surface area (Å²) in [4.78, 5) is 12.2. The third-order valence-electron chi connectivity index (χ3n) is 3.52. The number of amides is 1. The molecule has 0 saturated carbocycles. The lowest BCUT2D eigenvalue weighted by atomic mass is 10.1. The van der Waals surface area contributed by atoms with Gasteiger partial charge < -0.3 is 9.88 Å². The zero-order valence-electron chi connectivity index (χ0n) is 12.1. The number of aryl methyl sites for hydroxylation is 3. The molecule has 0 bridgehead atoms. The van der Waals surface area contributed by atoms with Gasteiger partial charge in [-0.25, -0.2) is 0 Å². The molecule has 0 aromatic carbocycles. The molecule has 0 aliphatic heterocycles. The highest BCUT2D eigenvalue weighted by molar-refractivity contribution is 5.93. The van der Waals surface area contributed by atoms with Crippen molar-refractivity contribution < 1.29 is 4.79 Å². The van der Waals surface area contributed by atoms with Gasteiger partial charge in [0.05, 0.1) is 11.7 Å². The summed E-state index contributed by atoms with van der Waals surface area (Å²) in [5.41, 5.74) is 3.79. The van der Waals surface area contributed by atoms with Crippen molar-refractivity contribution in [1.82, 2.24) is 19.7 Å². The van der Waals surface area contributed by atoms with Crippen LogP contribution in [0.5, 0.6) is 0 Å². The van der Waals surface area contributed by atoms with E-state index in [9.17, 15) is 4.79 Å². The maximum absolute atomic E-state index is 12.2. The summed E-state index contributed by atoms with van der Waals surface area (Å²) in [5.74, 6) is -0.0670. The quantitative estimate of drug-likeness (QED) is 0.916. The standard InChI is InChI=1S/C14H20N4O/c1-9(13-10(2)16-18(5)11(13)3)15-14(19)12-7-6-8-17(12)4/h6-9H,1-5H3,(H,15,19)/t9-/m0/s1. The van der Waals surface area contributed by atoms with E-state index in [2.05, 4.69) is 10.4 Å². The maximum Gasteiger partial charge on any atom is 0.268 e. The molecule has 19 heavy (non-hydrogen) atoms. The average molecular weight is 260 g/mol. The zero-order valence-corrected chi connectivity index (χ0v) is 12.1. The van der Waals surface area contributed by atoms with E-state index < -0.39 is 0 Å². The van der Waals surface area contributed by atoms with Crippen molar-refractivity contribution >= 4 is 5.91 Å². The van der Waals surface area contributed by atoms with Crippen molar-refractivity contribution in [2.24, 2.45) is 14.1 Å². The lowest BCUT2D eigenvalue weighted by molar-refractivity contribution is 0.0931. The fraction of sp³-hybridized carbons (Fsp3) is 0.429. The highest BCUT2D eigenvalue weighted by Crippen LogP contribution is 2.20. The summed E-state index contributed by atoms with van der Waals surface area (Å²) in [6.07, 6.45) is 1.86. The normalized spacial score (nSPS) is 12.5. The third-order valence-corrected chi connectivity index (χ3v) is 3.52. The van der Waals surface area contributed by atoms with Gasteiger partial charge in [-0.15, -0.1) is 0 Å². The lowest BCUT2D eigenvalue weighted by Crippen LogP contribution is -2.28. The van der Waals surface area contributed by atoms with Gasteiger partial charge in [-0.2, -0.15) is 5.10 Å². The predicted molar refractivity (Wildman–Crippen MR) is 74.0 cm³/mol. The van der Waals surface area contributed by atoms with Gasteiger partial charge in [-0.1, -0.05) is 0 Å². The SMILES string of the molecule is Cc1nn(C)c(C)c1[C@H](C)NC(=O)c1cccn1C. The first kappa shape index (κ1) is 13.4. The van der Waals surface area contributed by atoms with Crippen LogP contribution in [0.25, 0.3) is 0 Å². The molecule has 5 heteroatoms. The number of carbonyl (C=O) groups excluding carboxylic acids is 1. The molecular weight excluding hydrogens is 240 g/mol. The Balaban J connectivity index is 2.20. The molecule has 2 aromatic rings. The van der Waals surface area contributed by atoms with E-state index in [1.54, 1.807) is 0 Å². The minimum atomic E-state index is -0.0670. The molecule has 0 unspecified atom stereocenters. The second-order valence-corrected chi connectivity index (χ2v) is 4.91. The van der Waals surface area contributed by atoms with Crippen molar-refractivity contribution in [3.05, 3.63) is 41.0 Å². The van der Waals surface area contributed by atoms with Gasteiger partial charge in [-0.05, 0) is 32.9 Å². The van der Waals surface area contributed by atoms with E-state index in [4.69, 9.17) is 0 Å². The molecule has 102 valence electrons. The predicted octanol–water partition coefficient (Wildman–Crippen LogP) is 1.87. The Bertz CT molecular complexity index is 609. The van der Waals surface area contributed by atoms with Crippen LogP contribution in [0, 0.1) is 13.8 Å². The zero-order chi connectivity index (χ0) is 14.2. The van der Waals surface area contributed by atoms with Gasteiger partial charge in [0.1, 0.15) is 5.69 Å². The number of nitrogens with one attached hydrogen (secondary N) is 1. The first-order chi connectivity index (χ1) is 8.91. The minimum Gasteiger partial charge on any atom is -0.347 e. The van der Waals surface area contributed by atoms with E-state index in [-0.39, 0.29) is 11.9 Å². The lowest BCUT2D eigenvalue weighted by Gasteiger charge is -2.15. The number of hydrogen-bond acceptors (Lipinski definition) is 2. The number of aromatic nitrogens is 3. The smallest absolute Gasteiger partial charge is 0.268 e. The largest absolute Gasteiger partial charge is 0.347 e. The molecule has 1 N–H and O–H groups in total. The fourth-order valence-corrected chi connectivity index (χ4v) is 2.46. The fourth-order valence-electron chi connectivity index (χ4n) is 2.46. The summed E-state index contributed by atoms with van der Waals surface area (Å²) in [7, 11) is 3.78. The van der Waals surface area contributed by atoms with Crippen molar-refractivity contribution in [3.63, 3.8) is 0 Å². The Morgan fingerprint density at radius 2 is 2.05 bits per heavy atom. The minimum absolute atomic E-state index is 0.0592. The molecule has 0 fully saturated rings. The van der Waals surface area contributed by atoms with Crippen molar-refractivity contribution in [2.45, 2.75) is 26.8 Å². The second-order valence-electron chi connectivity index (χ2n) is 4.91. The molecule has 2 rings (SSSR count). The molecule has 2 heterocycles. The Kier molecular flexibility index (Phi) is 3.46. The topological polar surface area (TPSA) is 51.9 Å². The molecule has 0 spiro atoms. The highest BCUT2D eigenvalue weighted by Gasteiger charge is 2.19. The van der Waals surface area contributed by atoms with E-state index >= 15 is 0 Å². The van der Waals surface area contributed by atoms with Crippen LogP contribution in [-0.2, 0) is 14.1 Å². The van der Waals surface area contributed by atoms with Gasteiger partial charge >= 0.3 is 0 Å². The van der Waals surface area contributed by atoms with Gasteiger partial charge in [0.25, 0.3) is 5.91 Å². The van der Waals surface area contributed by atoms with E-state index in [1.807, 2.05) is 62.4 Å². The third kappa shape index (κ3) is 2.41. The number of rotatable bonds is 3. The average Bonchev–Trinajstić information content (AvgIpc) is 2.84. The maximum atomic E-state index is 12.2. The molecule has 5 nitrogen and oxygen atoms in total. The molecule has 1 atom stereocenters. The van der Waals surface area contributed by atoms with Crippen LogP contribution < -0.4 is 5.32 Å². The van der Waals surface area contributed by atoms with Crippen molar-refractivity contribution in [1.29, 1.82) is 0 Å². The van der Waals surface area contributed by atoms with E-state index in [1.165, 1.54) is 0 Å². The molecule has 1 amide bonds. The van der Waals surface area contributed by atoms with Crippen LogP contribution >= 0.6 is 0 Å². The monoisotopic (exact) mass is 260 g/mol. The van der Waals surface area contributed by atoms with E-state index in [0.29, 0.717) is 5.69 Å². The van der Waals surface area contributed by atoms with Crippen LogP contribution in [0.2, 0.25) is 0 Å². The Morgan fingerprint density at radius 3 is 2.53 bits per heavy atom. The summed E-state index contributed by atoms with van der Waals surface area (Å²) in [6.45, 7) is 5.96. The number of carbonyl (C=O) groups is 1. The van der Waals surface area contributed by atoms with Gasteiger partial charge in [-0.3, -0.25) is 9.48 Å². The summed E-state index contributed by atoms with van der Waals surface area (Å²) in [5, 5.41) is 7.40. The van der Waals surface area contributed by atoms with Crippen LogP contribution in [0.4, 0.5) is 0 Å². The highest BCUT2D eigenvalue weighted by atomic mass is 16.2. The van der Waals surface area contributed by atoms with Crippen LogP contribution in [0.3, 0.4) is 0 Å². The molecule has 0 aliphatic rings. The molecule has 0 saturated heterocycles. The van der Waals surface area contributed by atoms with Crippen molar-refractivity contribution in [2.75, 3.05) is 0 Å². The van der Waals surface area contributed by atoms with E-state index in [0.717, 1.165) is 17.0 Å². The van der Waals surface area contributed by atoms with Crippen LogP contribution in [-0.4, -0.2) is 20.3 Å². The first-order valence-electron chi connectivity index (χ1n) is 6.34. The second kappa shape index (κ2) is 4.91. The van der Waals surface area contributed by atoms with Crippen LogP contribution in [0.15, 0.2) is 18.3 Å². The summed E-state index contributed by atoms with van der Waals surface area (Å²) in [6, 6.07) is 3.61. The Morgan fingerprint density at radius 1 is 1.37 bits per heavy atom. The molecule has 2 aromatic heterocycles. The summed E-state index contributed by atoms with van der Waals surface area (Å²) >= 11 is 0. The Hall–Kier alpha value is -2.04. The molecular formula is C14H20N4O. The van der Waals surface area contributed by atoms with Gasteiger partial charge in [0.2, 0.25) is 0 Å². The van der Waals surface area contributed by atoms with Crippen LogP contribution in [0.1, 0.15) is 40.4 Å². The molecule has 0 radical (unpaired) electrons.